The number of aryl methyl sites for hydroxylation is 1. The fourth-order valence-electron chi connectivity index (χ4n) is 3.18. The third-order valence-electron chi connectivity index (χ3n) is 4.54. The SMILES string of the molecule is COC(=O)C1(NS(=O)(=O)c2cc([N+](=O)[O-])ccc2C)CCCCCC1. The van der Waals surface area contributed by atoms with Crippen molar-refractivity contribution in [3.05, 3.63) is 33.9 Å². The van der Waals surface area contributed by atoms with E-state index in [0.717, 1.165) is 18.9 Å². The zero-order valence-electron chi connectivity index (χ0n) is 14.3. The Labute approximate surface area is 146 Å². The molecule has 2 rings (SSSR count). The Bertz CT molecular complexity index is 767. The van der Waals surface area contributed by atoms with Gasteiger partial charge in [0.05, 0.1) is 16.9 Å². The molecule has 25 heavy (non-hydrogen) atoms. The van der Waals surface area contributed by atoms with Gasteiger partial charge in [0.25, 0.3) is 5.69 Å². The van der Waals surface area contributed by atoms with E-state index in [1.165, 1.54) is 19.2 Å². The number of methoxy groups -OCH3 is 1. The van der Waals surface area contributed by atoms with Crippen LogP contribution in [0.4, 0.5) is 5.69 Å². The van der Waals surface area contributed by atoms with Gasteiger partial charge in [-0.15, -0.1) is 0 Å². The average Bonchev–Trinajstić information content (AvgIpc) is 2.80. The number of nitrogens with zero attached hydrogens (tertiary/aromatic N) is 1. The highest BCUT2D eigenvalue weighted by Gasteiger charge is 2.43. The fourth-order valence-corrected chi connectivity index (χ4v) is 4.86. The molecule has 9 heteroatoms. The number of hydrogen-bond donors (Lipinski definition) is 1. The number of nitrogens with one attached hydrogen (secondary N) is 1. The molecule has 0 heterocycles. The van der Waals surface area contributed by atoms with Crippen LogP contribution in [0.3, 0.4) is 0 Å². The molecule has 1 aliphatic rings. The highest BCUT2D eigenvalue weighted by Crippen LogP contribution is 2.31. The lowest BCUT2D eigenvalue weighted by Crippen LogP contribution is -2.54. The van der Waals surface area contributed by atoms with Gasteiger partial charge in [-0.1, -0.05) is 31.7 Å². The molecular formula is C16H22N2O6S. The molecule has 8 nitrogen and oxygen atoms in total. The predicted molar refractivity (Wildman–Crippen MR) is 90.6 cm³/mol. The molecule has 0 radical (unpaired) electrons. The Hall–Kier alpha value is -2.00. The van der Waals surface area contributed by atoms with Crippen LogP contribution in [0.15, 0.2) is 23.1 Å². The van der Waals surface area contributed by atoms with Gasteiger partial charge in [0.1, 0.15) is 5.54 Å². The first kappa shape index (κ1) is 19.3. The molecule has 0 bridgehead atoms. The molecule has 0 aliphatic heterocycles. The summed E-state index contributed by atoms with van der Waals surface area (Å²) in [5, 5.41) is 11.0. The lowest BCUT2D eigenvalue weighted by atomic mass is 9.92. The molecule has 1 saturated carbocycles. The molecule has 1 aromatic carbocycles. The number of carbonyl (C=O) groups is 1. The van der Waals surface area contributed by atoms with Gasteiger partial charge in [-0.2, -0.15) is 4.72 Å². The minimum atomic E-state index is -4.13. The molecule has 0 aromatic heterocycles. The molecule has 138 valence electrons. The molecule has 1 aliphatic carbocycles. The van der Waals surface area contributed by atoms with Crippen molar-refractivity contribution in [1.82, 2.24) is 4.72 Å². The smallest absolute Gasteiger partial charge is 0.327 e. The van der Waals surface area contributed by atoms with E-state index in [1.807, 2.05) is 0 Å². The van der Waals surface area contributed by atoms with Crippen molar-refractivity contribution >= 4 is 21.7 Å². The Kier molecular flexibility index (Phi) is 5.79. The Morgan fingerprint density at radius 3 is 2.36 bits per heavy atom. The fraction of sp³-hybridized carbons (Fsp3) is 0.562. The minimum Gasteiger partial charge on any atom is -0.468 e. The number of nitro groups is 1. The van der Waals surface area contributed by atoms with E-state index < -0.39 is 26.5 Å². The Morgan fingerprint density at radius 1 is 1.24 bits per heavy atom. The molecule has 0 spiro atoms. The van der Waals surface area contributed by atoms with Gasteiger partial charge >= 0.3 is 5.97 Å². The molecule has 1 fully saturated rings. The summed E-state index contributed by atoms with van der Waals surface area (Å²) in [5.74, 6) is -0.624. The summed E-state index contributed by atoms with van der Waals surface area (Å²) in [4.78, 5) is 22.5. The predicted octanol–water partition coefficient (Wildman–Crippen LogP) is 2.45. The molecule has 1 N–H and O–H groups in total. The maximum atomic E-state index is 12.9. The summed E-state index contributed by atoms with van der Waals surface area (Å²) in [6, 6.07) is 3.64. The van der Waals surface area contributed by atoms with Crippen molar-refractivity contribution in [3.63, 3.8) is 0 Å². The van der Waals surface area contributed by atoms with Gasteiger partial charge in [0, 0.05) is 12.1 Å². The van der Waals surface area contributed by atoms with E-state index in [0.29, 0.717) is 31.2 Å². The van der Waals surface area contributed by atoms with E-state index in [2.05, 4.69) is 4.72 Å². The molecular weight excluding hydrogens is 348 g/mol. The lowest BCUT2D eigenvalue weighted by molar-refractivity contribution is -0.385. The topological polar surface area (TPSA) is 116 Å². The highest BCUT2D eigenvalue weighted by molar-refractivity contribution is 7.89. The second kappa shape index (κ2) is 7.49. The summed E-state index contributed by atoms with van der Waals surface area (Å²) in [7, 11) is -2.91. The van der Waals surface area contributed by atoms with Crippen LogP contribution in [-0.4, -0.2) is 32.0 Å². The minimum absolute atomic E-state index is 0.200. The van der Waals surface area contributed by atoms with Gasteiger partial charge < -0.3 is 4.74 Å². The van der Waals surface area contributed by atoms with E-state index in [1.54, 1.807) is 6.92 Å². The number of hydrogen-bond acceptors (Lipinski definition) is 6. The lowest BCUT2D eigenvalue weighted by Gasteiger charge is -2.30. The van der Waals surface area contributed by atoms with Crippen LogP contribution >= 0.6 is 0 Å². The first-order chi connectivity index (χ1) is 11.7. The second-order valence-corrected chi connectivity index (χ2v) is 7.95. The quantitative estimate of drug-likeness (QED) is 0.368. The highest BCUT2D eigenvalue weighted by atomic mass is 32.2. The van der Waals surface area contributed by atoms with Crippen LogP contribution < -0.4 is 4.72 Å². The summed E-state index contributed by atoms with van der Waals surface area (Å²) < 4.78 is 33.1. The summed E-state index contributed by atoms with van der Waals surface area (Å²) in [6.07, 6.45) is 3.91. The molecule has 0 saturated heterocycles. The Morgan fingerprint density at radius 2 is 1.84 bits per heavy atom. The average molecular weight is 370 g/mol. The maximum absolute atomic E-state index is 12.9. The zero-order chi connectivity index (χ0) is 18.7. The van der Waals surface area contributed by atoms with E-state index in [-0.39, 0.29) is 10.6 Å². The number of esters is 1. The largest absolute Gasteiger partial charge is 0.468 e. The molecule has 1 aromatic rings. The maximum Gasteiger partial charge on any atom is 0.327 e. The van der Waals surface area contributed by atoms with Crippen molar-refractivity contribution in [2.45, 2.75) is 55.9 Å². The van der Waals surface area contributed by atoms with Crippen molar-refractivity contribution in [2.75, 3.05) is 7.11 Å². The number of carbonyl (C=O) groups excluding carboxylic acids is 1. The number of benzene rings is 1. The molecule has 0 amide bonds. The second-order valence-electron chi connectivity index (χ2n) is 6.30. The number of sulfonamides is 1. The van der Waals surface area contributed by atoms with Crippen LogP contribution in [0.2, 0.25) is 0 Å². The molecule has 0 unspecified atom stereocenters. The summed E-state index contributed by atoms with van der Waals surface area (Å²) in [5.41, 5.74) is -1.29. The van der Waals surface area contributed by atoms with Gasteiger partial charge in [-0.25, -0.2) is 8.42 Å². The van der Waals surface area contributed by atoms with Crippen molar-refractivity contribution in [1.29, 1.82) is 0 Å². The molecule has 0 atom stereocenters. The van der Waals surface area contributed by atoms with E-state index in [4.69, 9.17) is 4.74 Å². The van der Waals surface area contributed by atoms with Gasteiger partial charge in [-0.3, -0.25) is 14.9 Å². The summed E-state index contributed by atoms with van der Waals surface area (Å²) in [6.45, 7) is 1.55. The van der Waals surface area contributed by atoms with Crippen LogP contribution in [0.1, 0.15) is 44.1 Å². The number of rotatable bonds is 5. The van der Waals surface area contributed by atoms with Crippen LogP contribution in [0.25, 0.3) is 0 Å². The third-order valence-corrected chi connectivity index (χ3v) is 6.21. The Balaban J connectivity index is 2.46. The van der Waals surface area contributed by atoms with Crippen molar-refractivity contribution < 1.29 is 22.9 Å². The van der Waals surface area contributed by atoms with E-state index >= 15 is 0 Å². The van der Waals surface area contributed by atoms with Gasteiger partial charge in [0.2, 0.25) is 10.0 Å². The van der Waals surface area contributed by atoms with Crippen LogP contribution in [0, 0.1) is 17.0 Å². The van der Waals surface area contributed by atoms with Gasteiger partial charge in [0.15, 0.2) is 0 Å². The first-order valence-electron chi connectivity index (χ1n) is 8.09. The number of ether oxygens (including phenoxy) is 1. The number of nitro benzene ring substituents is 1. The van der Waals surface area contributed by atoms with Crippen molar-refractivity contribution in [2.24, 2.45) is 0 Å². The van der Waals surface area contributed by atoms with Crippen LogP contribution in [0.5, 0.6) is 0 Å². The number of non-ortho nitro benzene ring substituents is 1. The zero-order valence-corrected chi connectivity index (χ0v) is 15.1. The van der Waals surface area contributed by atoms with Crippen LogP contribution in [-0.2, 0) is 19.6 Å². The summed E-state index contributed by atoms with van der Waals surface area (Å²) >= 11 is 0. The normalized spacial score (nSPS) is 17.5. The first-order valence-corrected chi connectivity index (χ1v) is 9.58. The van der Waals surface area contributed by atoms with Crippen molar-refractivity contribution in [3.8, 4) is 0 Å². The standard InChI is InChI=1S/C16H22N2O6S/c1-12-7-8-13(18(20)21)11-14(12)25(22,23)17-16(15(19)24-2)9-5-3-4-6-10-16/h7-8,11,17H,3-6,9-10H2,1-2H3. The van der Waals surface area contributed by atoms with Gasteiger partial charge in [-0.05, 0) is 25.3 Å². The monoisotopic (exact) mass is 370 g/mol. The third kappa shape index (κ3) is 4.16. The van der Waals surface area contributed by atoms with E-state index in [9.17, 15) is 23.3 Å².